The molecule has 0 saturated carbocycles. The Balaban J connectivity index is 1.70. The summed E-state index contributed by atoms with van der Waals surface area (Å²) >= 11 is 0. The zero-order chi connectivity index (χ0) is 18.3. The molecule has 0 aliphatic carbocycles. The molecule has 1 unspecified atom stereocenters. The summed E-state index contributed by atoms with van der Waals surface area (Å²) in [6, 6.07) is 10.1. The third-order valence-electron chi connectivity index (χ3n) is 5.47. The Morgan fingerprint density at radius 1 is 0.885 bits per heavy atom. The number of likely N-dealkylation sites (tertiary alicyclic amines) is 1. The molecule has 3 amide bonds. The number of imide groups is 1. The van der Waals surface area contributed by atoms with Crippen LogP contribution in [0, 0.1) is 0 Å². The van der Waals surface area contributed by atoms with Gasteiger partial charge in [0.05, 0.1) is 0 Å². The maximum atomic E-state index is 13.0. The van der Waals surface area contributed by atoms with Crippen molar-refractivity contribution in [3.05, 3.63) is 47.5 Å². The van der Waals surface area contributed by atoms with Gasteiger partial charge in [0.25, 0.3) is 11.8 Å². The summed E-state index contributed by atoms with van der Waals surface area (Å²) < 4.78 is 0. The van der Waals surface area contributed by atoms with Crippen LogP contribution in [0.4, 0.5) is 0 Å². The lowest BCUT2D eigenvalue weighted by molar-refractivity contribution is -0.134. The molecule has 1 fully saturated rings. The quantitative estimate of drug-likeness (QED) is 0.782. The SMILES string of the molecule is CC(C(=O)N1CCCCCC1)N1C(=O)c2cccc3cccc(c23)C1=O. The maximum Gasteiger partial charge on any atom is 0.262 e. The zero-order valence-electron chi connectivity index (χ0n) is 14.9. The Bertz CT molecular complexity index is 847. The molecule has 1 atom stereocenters. The number of carbonyl (C=O) groups excluding carboxylic acids is 3. The highest BCUT2D eigenvalue weighted by Crippen LogP contribution is 2.31. The van der Waals surface area contributed by atoms with Gasteiger partial charge < -0.3 is 4.90 Å². The molecule has 2 heterocycles. The highest BCUT2D eigenvalue weighted by molar-refractivity contribution is 6.26. The lowest BCUT2D eigenvalue weighted by Gasteiger charge is -2.34. The van der Waals surface area contributed by atoms with Crippen LogP contribution in [0.3, 0.4) is 0 Å². The Hall–Kier alpha value is -2.69. The maximum absolute atomic E-state index is 13.0. The molecule has 4 rings (SSSR count). The first-order valence-corrected chi connectivity index (χ1v) is 9.28. The number of carbonyl (C=O) groups is 3. The topological polar surface area (TPSA) is 57.7 Å². The molecule has 0 N–H and O–H groups in total. The van der Waals surface area contributed by atoms with Crippen molar-refractivity contribution in [2.75, 3.05) is 13.1 Å². The van der Waals surface area contributed by atoms with Crippen LogP contribution < -0.4 is 0 Å². The minimum Gasteiger partial charge on any atom is -0.341 e. The van der Waals surface area contributed by atoms with Gasteiger partial charge in [0.2, 0.25) is 5.91 Å². The predicted octanol–water partition coefficient (Wildman–Crippen LogP) is 3.23. The van der Waals surface area contributed by atoms with Crippen molar-refractivity contribution in [3.8, 4) is 0 Å². The molecule has 26 heavy (non-hydrogen) atoms. The number of nitrogens with zero attached hydrogens (tertiary/aromatic N) is 2. The van der Waals surface area contributed by atoms with E-state index in [-0.39, 0.29) is 17.7 Å². The molecule has 0 bridgehead atoms. The van der Waals surface area contributed by atoms with E-state index >= 15 is 0 Å². The normalized spacial score (nSPS) is 18.8. The van der Waals surface area contributed by atoms with Gasteiger partial charge in [-0.1, -0.05) is 37.1 Å². The molecule has 2 aliphatic heterocycles. The number of hydrogen-bond donors (Lipinski definition) is 0. The van der Waals surface area contributed by atoms with E-state index < -0.39 is 6.04 Å². The van der Waals surface area contributed by atoms with Crippen molar-refractivity contribution in [1.29, 1.82) is 0 Å². The van der Waals surface area contributed by atoms with Crippen LogP contribution in [0.2, 0.25) is 0 Å². The minimum absolute atomic E-state index is 0.139. The lowest BCUT2D eigenvalue weighted by atomic mass is 9.93. The van der Waals surface area contributed by atoms with Crippen LogP contribution in [0.5, 0.6) is 0 Å². The largest absolute Gasteiger partial charge is 0.341 e. The monoisotopic (exact) mass is 350 g/mol. The first kappa shape index (κ1) is 16.8. The van der Waals surface area contributed by atoms with E-state index in [2.05, 4.69) is 0 Å². The predicted molar refractivity (Wildman–Crippen MR) is 99.0 cm³/mol. The Labute approximate surface area is 152 Å². The van der Waals surface area contributed by atoms with Gasteiger partial charge in [-0.3, -0.25) is 19.3 Å². The number of hydrogen-bond acceptors (Lipinski definition) is 3. The van der Waals surface area contributed by atoms with Crippen molar-refractivity contribution < 1.29 is 14.4 Å². The second-order valence-corrected chi connectivity index (χ2v) is 7.11. The highest BCUT2D eigenvalue weighted by Gasteiger charge is 2.39. The molecule has 2 aromatic rings. The molecule has 0 aromatic heterocycles. The first-order valence-electron chi connectivity index (χ1n) is 9.28. The van der Waals surface area contributed by atoms with E-state index in [1.807, 2.05) is 24.3 Å². The van der Waals surface area contributed by atoms with Crippen molar-refractivity contribution in [3.63, 3.8) is 0 Å². The van der Waals surface area contributed by atoms with Crippen LogP contribution in [0.15, 0.2) is 36.4 Å². The Morgan fingerprint density at radius 2 is 1.42 bits per heavy atom. The van der Waals surface area contributed by atoms with E-state index in [0.29, 0.717) is 29.6 Å². The molecule has 5 heteroatoms. The number of benzene rings is 2. The van der Waals surface area contributed by atoms with Gasteiger partial charge in [0.15, 0.2) is 0 Å². The van der Waals surface area contributed by atoms with E-state index in [4.69, 9.17) is 0 Å². The number of amides is 3. The van der Waals surface area contributed by atoms with Gasteiger partial charge in [0.1, 0.15) is 6.04 Å². The summed E-state index contributed by atoms with van der Waals surface area (Å²) in [7, 11) is 0. The summed E-state index contributed by atoms with van der Waals surface area (Å²) in [5.41, 5.74) is 0.987. The van der Waals surface area contributed by atoms with Gasteiger partial charge >= 0.3 is 0 Å². The van der Waals surface area contributed by atoms with Crippen molar-refractivity contribution in [1.82, 2.24) is 9.80 Å². The summed E-state index contributed by atoms with van der Waals surface area (Å²) in [5.74, 6) is -0.898. The molecule has 0 spiro atoms. The van der Waals surface area contributed by atoms with Crippen LogP contribution in [-0.2, 0) is 4.79 Å². The third kappa shape index (κ3) is 2.59. The smallest absolute Gasteiger partial charge is 0.262 e. The summed E-state index contributed by atoms with van der Waals surface area (Å²) in [6.45, 7) is 3.06. The van der Waals surface area contributed by atoms with E-state index in [1.165, 1.54) is 0 Å². The summed E-state index contributed by atoms with van der Waals surface area (Å²) in [4.78, 5) is 42.0. The fourth-order valence-corrected chi connectivity index (χ4v) is 4.07. The van der Waals surface area contributed by atoms with Crippen LogP contribution in [0.25, 0.3) is 10.8 Å². The van der Waals surface area contributed by atoms with Gasteiger partial charge in [-0.25, -0.2) is 0 Å². The standard InChI is InChI=1S/C21H22N2O3/c1-14(19(24)22-12-4-2-3-5-13-22)23-20(25)16-10-6-8-15-9-7-11-17(18(15)16)21(23)26/h6-11,14H,2-5,12-13H2,1H3. The lowest BCUT2D eigenvalue weighted by Crippen LogP contribution is -2.53. The zero-order valence-corrected chi connectivity index (χ0v) is 14.9. The molecule has 134 valence electrons. The molecule has 5 nitrogen and oxygen atoms in total. The van der Waals surface area contributed by atoms with E-state index in [1.54, 1.807) is 24.0 Å². The molecule has 0 radical (unpaired) electrons. The van der Waals surface area contributed by atoms with Gasteiger partial charge in [-0.2, -0.15) is 0 Å². The fourth-order valence-electron chi connectivity index (χ4n) is 4.07. The molecule has 1 saturated heterocycles. The van der Waals surface area contributed by atoms with Gasteiger partial charge in [0, 0.05) is 29.6 Å². The van der Waals surface area contributed by atoms with E-state index in [0.717, 1.165) is 36.0 Å². The van der Waals surface area contributed by atoms with Crippen molar-refractivity contribution in [2.45, 2.75) is 38.6 Å². The van der Waals surface area contributed by atoms with Gasteiger partial charge in [-0.15, -0.1) is 0 Å². The van der Waals surface area contributed by atoms with Crippen molar-refractivity contribution in [2.24, 2.45) is 0 Å². The van der Waals surface area contributed by atoms with Crippen molar-refractivity contribution >= 4 is 28.5 Å². The van der Waals surface area contributed by atoms with Crippen LogP contribution in [0.1, 0.15) is 53.3 Å². The second kappa shape index (κ2) is 6.56. The average Bonchev–Trinajstić information content (AvgIpc) is 2.95. The first-order chi connectivity index (χ1) is 12.6. The average molecular weight is 350 g/mol. The van der Waals surface area contributed by atoms with Gasteiger partial charge in [-0.05, 0) is 37.3 Å². The molecular formula is C21H22N2O3. The molecular weight excluding hydrogens is 328 g/mol. The Kier molecular flexibility index (Phi) is 4.23. The number of rotatable bonds is 2. The second-order valence-electron chi connectivity index (χ2n) is 7.11. The molecule has 2 aliphatic rings. The summed E-state index contributed by atoms with van der Waals surface area (Å²) in [5, 5.41) is 1.56. The van der Waals surface area contributed by atoms with Crippen LogP contribution >= 0.6 is 0 Å². The van der Waals surface area contributed by atoms with Crippen LogP contribution in [-0.4, -0.2) is 46.7 Å². The van der Waals surface area contributed by atoms with E-state index in [9.17, 15) is 14.4 Å². The molecule has 2 aromatic carbocycles. The third-order valence-corrected chi connectivity index (χ3v) is 5.47. The fraction of sp³-hybridized carbons (Fsp3) is 0.381. The minimum atomic E-state index is -0.795. The summed E-state index contributed by atoms with van der Waals surface area (Å²) in [6.07, 6.45) is 4.19. The highest BCUT2D eigenvalue weighted by atomic mass is 16.2. The Morgan fingerprint density at radius 3 is 1.96 bits per heavy atom.